The van der Waals surface area contributed by atoms with E-state index in [0.717, 1.165) is 19.5 Å². The second-order valence-electron chi connectivity index (χ2n) is 4.34. The Hall–Kier alpha value is -0.220. The molecule has 1 aromatic rings. The van der Waals surface area contributed by atoms with Crippen molar-refractivity contribution in [3.05, 3.63) is 21.3 Å². The lowest BCUT2D eigenvalue weighted by Crippen LogP contribution is -2.39. The van der Waals surface area contributed by atoms with E-state index in [1.54, 1.807) is 6.07 Å². The molecule has 0 radical (unpaired) electrons. The molecule has 1 N–H and O–H groups in total. The number of anilines is 1. The van der Waals surface area contributed by atoms with Crippen LogP contribution in [0.25, 0.3) is 0 Å². The minimum Gasteiger partial charge on any atom is -0.365 e. The molecule has 1 aliphatic rings. The maximum Gasteiger partial charge on any atom is 0.150 e. The molecule has 17 heavy (non-hydrogen) atoms. The normalized spacial score (nSPS) is 21.5. The molecule has 2 rings (SSSR count). The fourth-order valence-electron chi connectivity index (χ4n) is 2.02. The molecule has 1 saturated heterocycles. The average Bonchev–Trinajstić information content (AvgIpc) is 2.26. The fourth-order valence-corrected chi connectivity index (χ4v) is 2.58. The summed E-state index contributed by atoms with van der Waals surface area (Å²) in [6, 6.07) is 1.98. The van der Waals surface area contributed by atoms with Gasteiger partial charge in [0.1, 0.15) is 11.0 Å². The molecular formula is C11H14Cl3N3. The van der Waals surface area contributed by atoms with Crippen molar-refractivity contribution in [2.75, 3.05) is 25.5 Å². The third-order valence-corrected chi connectivity index (χ3v) is 3.81. The van der Waals surface area contributed by atoms with Crippen molar-refractivity contribution in [3.8, 4) is 0 Å². The third kappa shape index (κ3) is 3.38. The summed E-state index contributed by atoms with van der Waals surface area (Å²) in [6.07, 6.45) is 2.29. The van der Waals surface area contributed by atoms with E-state index in [4.69, 9.17) is 34.8 Å². The maximum atomic E-state index is 6.08. The van der Waals surface area contributed by atoms with E-state index in [0.29, 0.717) is 21.9 Å². The van der Waals surface area contributed by atoms with E-state index in [1.807, 2.05) is 0 Å². The molecule has 6 heteroatoms. The zero-order valence-electron chi connectivity index (χ0n) is 9.51. The molecule has 1 fully saturated rings. The molecule has 3 nitrogen and oxygen atoms in total. The molecule has 1 aromatic heterocycles. The molecule has 0 aliphatic carbocycles. The number of halogens is 3. The SMILES string of the molecule is CN1CCCC(Nc2nc(Cl)c(Cl)cc2Cl)C1. The molecule has 2 heterocycles. The standard InChI is InChI=1S/C11H14Cl3N3/c1-17-4-2-3-7(6-17)15-11-9(13)5-8(12)10(14)16-11/h5,7H,2-4,6H2,1H3,(H,15,16). The van der Waals surface area contributed by atoms with Crippen LogP contribution < -0.4 is 5.32 Å². The molecule has 1 aliphatic heterocycles. The van der Waals surface area contributed by atoms with E-state index < -0.39 is 0 Å². The van der Waals surface area contributed by atoms with Gasteiger partial charge in [0.2, 0.25) is 0 Å². The summed E-state index contributed by atoms with van der Waals surface area (Å²) in [5.74, 6) is 0.612. The zero-order chi connectivity index (χ0) is 12.4. The van der Waals surface area contributed by atoms with Crippen LogP contribution in [0.4, 0.5) is 5.82 Å². The van der Waals surface area contributed by atoms with Gasteiger partial charge in [0, 0.05) is 12.6 Å². The number of aromatic nitrogens is 1. The Balaban J connectivity index is 2.10. The van der Waals surface area contributed by atoms with Gasteiger partial charge in [0.25, 0.3) is 0 Å². The van der Waals surface area contributed by atoms with Crippen molar-refractivity contribution in [1.29, 1.82) is 0 Å². The van der Waals surface area contributed by atoms with Gasteiger partial charge >= 0.3 is 0 Å². The van der Waals surface area contributed by atoms with Crippen LogP contribution in [0, 0.1) is 0 Å². The van der Waals surface area contributed by atoms with Crippen LogP contribution in [0.15, 0.2) is 6.07 Å². The lowest BCUT2D eigenvalue weighted by Gasteiger charge is -2.30. The van der Waals surface area contributed by atoms with Gasteiger partial charge in [-0.05, 0) is 32.5 Å². The highest BCUT2D eigenvalue weighted by molar-refractivity contribution is 6.42. The van der Waals surface area contributed by atoms with E-state index in [9.17, 15) is 0 Å². The van der Waals surface area contributed by atoms with Crippen molar-refractivity contribution in [2.45, 2.75) is 18.9 Å². The maximum absolute atomic E-state index is 6.08. The first-order chi connectivity index (χ1) is 8.06. The van der Waals surface area contributed by atoms with E-state index in [1.165, 1.54) is 6.42 Å². The molecule has 1 atom stereocenters. The summed E-state index contributed by atoms with van der Waals surface area (Å²) in [6.45, 7) is 2.12. The van der Waals surface area contributed by atoms with Gasteiger partial charge in [-0.1, -0.05) is 34.8 Å². The van der Waals surface area contributed by atoms with Crippen LogP contribution in [0.5, 0.6) is 0 Å². The van der Waals surface area contributed by atoms with E-state index in [-0.39, 0.29) is 5.15 Å². The predicted octanol–water partition coefficient (Wildman–Crippen LogP) is 3.55. The van der Waals surface area contributed by atoms with E-state index in [2.05, 4.69) is 22.2 Å². The third-order valence-electron chi connectivity index (χ3n) is 2.85. The largest absolute Gasteiger partial charge is 0.365 e. The van der Waals surface area contributed by atoms with Crippen LogP contribution in [-0.2, 0) is 0 Å². The first-order valence-electron chi connectivity index (χ1n) is 5.53. The summed E-state index contributed by atoms with van der Waals surface area (Å²) in [5, 5.41) is 4.48. The smallest absolute Gasteiger partial charge is 0.150 e. The van der Waals surface area contributed by atoms with Crippen molar-refractivity contribution in [3.63, 3.8) is 0 Å². The van der Waals surface area contributed by atoms with Gasteiger partial charge in [0.05, 0.1) is 10.0 Å². The Labute approximate surface area is 116 Å². The molecule has 0 bridgehead atoms. The molecule has 94 valence electrons. The van der Waals surface area contributed by atoms with Gasteiger partial charge in [-0.2, -0.15) is 0 Å². The molecule has 0 amide bonds. The fraction of sp³-hybridized carbons (Fsp3) is 0.545. The Morgan fingerprint density at radius 3 is 2.82 bits per heavy atom. The molecule has 0 spiro atoms. The number of piperidine rings is 1. The molecule has 1 unspecified atom stereocenters. The van der Waals surface area contributed by atoms with E-state index >= 15 is 0 Å². The number of nitrogens with zero attached hydrogens (tertiary/aromatic N) is 2. The number of rotatable bonds is 2. The Kier molecular flexibility index (Phi) is 4.36. The molecule has 0 aromatic carbocycles. The lowest BCUT2D eigenvalue weighted by atomic mass is 10.1. The summed E-state index contributed by atoms with van der Waals surface area (Å²) in [7, 11) is 2.11. The quantitative estimate of drug-likeness (QED) is 0.846. The lowest BCUT2D eigenvalue weighted by molar-refractivity contribution is 0.261. The minimum atomic E-state index is 0.280. The highest BCUT2D eigenvalue weighted by Gasteiger charge is 2.18. The second kappa shape index (κ2) is 5.61. The van der Waals surface area contributed by atoms with Crippen LogP contribution >= 0.6 is 34.8 Å². The number of likely N-dealkylation sites (tertiary alicyclic amines) is 1. The monoisotopic (exact) mass is 293 g/mol. The number of hydrogen-bond donors (Lipinski definition) is 1. The summed E-state index contributed by atoms with van der Waals surface area (Å²) in [5.41, 5.74) is 0. The molecule has 0 saturated carbocycles. The van der Waals surface area contributed by atoms with Crippen molar-refractivity contribution in [1.82, 2.24) is 9.88 Å². The second-order valence-corrected chi connectivity index (χ2v) is 5.51. The first-order valence-corrected chi connectivity index (χ1v) is 6.66. The van der Waals surface area contributed by atoms with Crippen LogP contribution in [0.2, 0.25) is 15.2 Å². The average molecular weight is 295 g/mol. The van der Waals surface area contributed by atoms with Crippen molar-refractivity contribution in [2.24, 2.45) is 0 Å². The topological polar surface area (TPSA) is 28.2 Å². The Morgan fingerprint density at radius 2 is 2.12 bits per heavy atom. The number of pyridine rings is 1. The Bertz CT molecular complexity index is 411. The zero-order valence-corrected chi connectivity index (χ0v) is 11.8. The van der Waals surface area contributed by atoms with Gasteiger partial charge in [-0.3, -0.25) is 0 Å². The highest BCUT2D eigenvalue weighted by atomic mass is 35.5. The van der Waals surface area contributed by atoms with Gasteiger partial charge in [-0.15, -0.1) is 0 Å². The summed E-state index contributed by atoms with van der Waals surface area (Å²) in [4.78, 5) is 6.45. The van der Waals surface area contributed by atoms with Crippen molar-refractivity contribution >= 4 is 40.6 Å². The van der Waals surface area contributed by atoms with Crippen LogP contribution in [0.1, 0.15) is 12.8 Å². The predicted molar refractivity (Wildman–Crippen MR) is 73.4 cm³/mol. The summed E-state index contributed by atoms with van der Waals surface area (Å²) >= 11 is 17.8. The molecular weight excluding hydrogens is 281 g/mol. The number of likely N-dealkylation sites (N-methyl/N-ethyl adjacent to an activating group) is 1. The summed E-state index contributed by atoms with van der Waals surface area (Å²) < 4.78 is 0. The van der Waals surface area contributed by atoms with Gasteiger partial charge in [-0.25, -0.2) is 4.98 Å². The van der Waals surface area contributed by atoms with Gasteiger partial charge in [0.15, 0.2) is 0 Å². The number of hydrogen-bond acceptors (Lipinski definition) is 3. The highest BCUT2D eigenvalue weighted by Crippen LogP contribution is 2.29. The number of nitrogens with one attached hydrogen (secondary N) is 1. The minimum absolute atomic E-state index is 0.280. The van der Waals surface area contributed by atoms with Crippen LogP contribution in [0.3, 0.4) is 0 Å². The van der Waals surface area contributed by atoms with Gasteiger partial charge < -0.3 is 10.2 Å². The first kappa shape index (κ1) is 13.2. The van der Waals surface area contributed by atoms with Crippen LogP contribution in [-0.4, -0.2) is 36.1 Å². The Morgan fingerprint density at radius 1 is 1.35 bits per heavy atom. The van der Waals surface area contributed by atoms with Crippen molar-refractivity contribution < 1.29 is 0 Å².